The van der Waals surface area contributed by atoms with Gasteiger partial charge < -0.3 is 14.5 Å². The number of para-hydroxylation sites is 1. The van der Waals surface area contributed by atoms with Crippen LogP contribution < -0.4 is 10.6 Å². The van der Waals surface area contributed by atoms with Crippen molar-refractivity contribution in [2.45, 2.75) is 13.0 Å². The Labute approximate surface area is 165 Å². The van der Waals surface area contributed by atoms with Crippen molar-refractivity contribution >= 4 is 23.6 Å². The molecule has 0 radical (unpaired) electrons. The molecule has 3 amide bonds. The number of ether oxygens (including phenoxy) is 1. The molecule has 1 atom stereocenters. The zero-order valence-electron chi connectivity index (χ0n) is 15.3. The quantitative estimate of drug-likeness (QED) is 0.636. The molecule has 148 valence electrons. The van der Waals surface area contributed by atoms with Crippen LogP contribution in [0.3, 0.4) is 0 Å². The molecule has 0 spiro atoms. The van der Waals surface area contributed by atoms with Crippen LogP contribution in [0.25, 0.3) is 11.3 Å². The lowest BCUT2D eigenvalue weighted by Gasteiger charge is -2.12. The number of halogens is 1. The summed E-state index contributed by atoms with van der Waals surface area (Å²) in [5.41, 5.74) is 0.689. The Kier molecular flexibility index (Phi) is 6.03. The van der Waals surface area contributed by atoms with Crippen LogP contribution in [-0.4, -0.2) is 24.0 Å². The van der Waals surface area contributed by atoms with Crippen molar-refractivity contribution in [3.05, 3.63) is 78.3 Å². The van der Waals surface area contributed by atoms with Crippen LogP contribution in [0.4, 0.5) is 14.9 Å². The van der Waals surface area contributed by atoms with Crippen molar-refractivity contribution in [3.8, 4) is 11.3 Å². The number of benzene rings is 2. The second kappa shape index (κ2) is 8.83. The highest BCUT2D eigenvalue weighted by Crippen LogP contribution is 2.25. The monoisotopic (exact) mass is 396 g/mol. The molecule has 3 aromatic rings. The molecule has 3 rings (SSSR count). The highest BCUT2D eigenvalue weighted by molar-refractivity contribution is 6.03. The van der Waals surface area contributed by atoms with Gasteiger partial charge >= 0.3 is 12.0 Å². The highest BCUT2D eigenvalue weighted by atomic mass is 19.1. The molecule has 0 aliphatic carbocycles. The van der Waals surface area contributed by atoms with Crippen molar-refractivity contribution in [2.24, 2.45) is 0 Å². The molecule has 2 N–H and O–H groups in total. The van der Waals surface area contributed by atoms with Crippen LogP contribution in [0, 0.1) is 5.82 Å². The summed E-state index contributed by atoms with van der Waals surface area (Å²) in [7, 11) is 0. The first-order chi connectivity index (χ1) is 13.9. The molecule has 1 unspecified atom stereocenters. The summed E-state index contributed by atoms with van der Waals surface area (Å²) in [6.45, 7) is 1.31. The number of carbonyl (C=O) groups is 3. The van der Waals surface area contributed by atoms with E-state index in [1.165, 1.54) is 37.3 Å². The van der Waals surface area contributed by atoms with Crippen LogP contribution in [0.2, 0.25) is 0 Å². The van der Waals surface area contributed by atoms with Gasteiger partial charge in [0.25, 0.3) is 5.91 Å². The summed E-state index contributed by atoms with van der Waals surface area (Å²) in [6, 6.07) is 16.4. The number of esters is 1. The molecule has 1 heterocycles. The summed E-state index contributed by atoms with van der Waals surface area (Å²) < 4.78 is 24.2. The number of carbonyl (C=O) groups excluding carboxylic acids is 3. The Hall–Kier alpha value is -3.94. The van der Waals surface area contributed by atoms with Crippen molar-refractivity contribution in [2.75, 3.05) is 5.32 Å². The van der Waals surface area contributed by atoms with Crippen molar-refractivity contribution in [3.63, 3.8) is 0 Å². The molecule has 29 heavy (non-hydrogen) atoms. The van der Waals surface area contributed by atoms with Gasteiger partial charge in [0.2, 0.25) is 5.76 Å². The van der Waals surface area contributed by atoms with Gasteiger partial charge in [-0.05, 0) is 43.3 Å². The van der Waals surface area contributed by atoms with E-state index in [0.717, 1.165) is 0 Å². The van der Waals surface area contributed by atoms with Crippen LogP contribution >= 0.6 is 0 Å². The predicted octanol–water partition coefficient (Wildman–Crippen LogP) is 3.98. The lowest BCUT2D eigenvalue weighted by atomic mass is 10.1. The molecule has 0 saturated heterocycles. The first-order valence-electron chi connectivity index (χ1n) is 8.66. The second-order valence-corrected chi connectivity index (χ2v) is 6.00. The van der Waals surface area contributed by atoms with Crippen molar-refractivity contribution < 1.29 is 27.9 Å². The molecule has 7 nitrogen and oxygen atoms in total. The lowest BCUT2D eigenvalue weighted by molar-refractivity contribution is -0.127. The molecule has 0 aliphatic rings. The topological polar surface area (TPSA) is 97.6 Å². The molecule has 0 saturated carbocycles. The van der Waals surface area contributed by atoms with Crippen molar-refractivity contribution in [1.82, 2.24) is 5.32 Å². The normalized spacial score (nSPS) is 11.4. The first-order valence-corrected chi connectivity index (χ1v) is 8.66. The van der Waals surface area contributed by atoms with Crippen LogP contribution in [-0.2, 0) is 9.53 Å². The first kappa shape index (κ1) is 19.8. The fraction of sp³-hybridized carbons (Fsp3) is 0.0952. The Morgan fingerprint density at radius 1 is 0.966 bits per heavy atom. The van der Waals surface area contributed by atoms with E-state index in [2.05, 4.69) is 10.6 Å². The zero-order chi connectivity index (χ0) is 20.8. The van der Waals surface area contributed by atoms with Crippen LogP contribution in [0.15, 0.2) is 71.1 Å². The number of rotatable bonds is 5. The van der Waals surface area contributed by atoms with Gasteiger partial charge in [0.1, 0.15) is 11.6 Å². The van der Waals surface area contributed by atoms with Gasteiger partial charge in [-0.25, -0.2) is 14.0 Å². The Balaban J connectivity index is 1.57. The van der Waals surface area contributed by atoms with Gasteiger partial charge in [-0.1, -0.05) is 30.3 Å². The number of amides is 3. The lowest BCUT2D eigenvalue weighted by Crippen LogP contribution is -2.41. The van der Waals surface area contributed by atoms with E-state index in [1.807, 2.05) is 0 Å². The van der Waals surface area contributed by atoms with E-state index < -0.39 is 29.8 Å². The maximum absolute atomic E-state index is 13.8. The molecular weight excluding hydrogens is 379 g/mol. The fourth-order valence-electron chi connectivity index (χ4n) is 2.42. The largest absolute Gasteiger partial charge is 0.449 e. The Bertz CT molecular complexity index is 1030. The average Bonchev–Trinajstić information content (AvgIpc) is 3.19. The van der Waals surface area contributed by atoms with E-state index in [9.17, 15) is 18.8 Å². The number of imide groups is 1. The minimum absolute atomic E-state index is 0.148. The minimum Gasteiger partial charge on any atom is -0.449 e. The Morgan fingerprint density at radius 3 is 2.38 bits per heavy atom. The highest BCUT2D eigenvalue weighted by Gasteiger charge is 2.23. The van der Waals surface area contributed by atoms with Gasteiger partial charge in [0.15, 0.2) is 6.10 Å². The molecule has 0 bridgehead atoms. The Morgan fingerprint density at radius 2 is 1.66 bits per heavy atom. The number of anilines is 1. The number of hydrogen-bond acceptors (Lipinski definition) is 5. The van der Waals surface area contributed by atoms with E-state index in [4.69, 9.17) is 9.15 Å². The van der Waals surface area contributed by atoms with E-state index >= 15 is 0 Å². The molecule has 2 aromatic carbocycles. The fourth-order valence-corrected chi connectivity index (χ4v) is 2.42. The standard InChI is InChI=1S/C21H17FN2O5/c1-13(19(25)24-21(27)23-14-7-3-2-4-8-14)28-20(26)18-12-11-17(29-18)15-9-5-6-10-16(15)22/h2-13H,1H3,(H2,23,24,25,27). The summed E-state index contributed by atoms with van der Waals surface area (Å²) in [6.07, 6.45) is -1.26. The van der Waals surface area contributed by atoms with Gasteiger partial charge in [-0.2, -0.15) is 0 Å². The third-order valence-corrected chi connectivity index (χ3v) is 3.87. The molecule has 8 heteroatoms. The predicted molar refractivity (Wildman–Crippen MR) is 103 cm³/mol. The van der Waals surface area contributed by atoms with Gasteiger partial charge in [0, 0.05) is 5.69 Å². The van der Waals surface area contributed by atoms with Crippen LogP contribution in [0.1, 0.15) is 17.5 Å². The third-order valence-electron chi connectivity index (χ3n) is 3.87. The van der Waals surface area contributed by atoms with Crippen molar-refractivity contribution in [1.29, 1.82) is 0 Å². The zero-order valence-corrected chi connectivity index (χ0v) is 15.3. The number of furan rings is 1. The summed E-state index contributed by atoms with van der Waals surface area (Å²) >= 11 is 0. The SMILES string of the molecule is CC(OC(=O)c1ccc(-c2ccccc2F)o1)C(=O)NC(=O)Nc1ccccc1. The molecule has 0 aliphatic heterocycles. The summed E-state index contributed by atoms with van der Waals surface area (Å²) in [4.78, 5) is 36.1. The van der Waals surface area contributed by atoms with E-state index in [0.29, 0.717) is 5.69 Å². The number of hydrogen-bond donors (Lipinski definition) is 2. The van der Waals surface area contributed by atoms with Gasteiger partial charge in [-0.15, -0.1) is 0 Å². The van der Waals surface area contributed by atoms with Gasteiger partial charge in [-0.3, -0.25) is 10.1 Å². The van der Waals surface area contributed by atoms with E-state index in [-0.39, 0.29) is 17.1 Å². The maximum atomic E-state index is 13.8. The average molecular weight is 396 g/mol. The number of nitrogens with one attached hydrogen (secondary N) is 2. The minimum atomic E-state index is -1.26. The third kappa shape index (κ3) is 5.07. The number of urea groups is 1. The van der Waals surface area contributed by atoms with Crippen LogP contribution in [0.5, 0.6) is 0 Å². The summed E-state index contributed by atoms with van der Waals surface area (Å²) in [5.74, 6) is -2.28. The van der Waals surface area contributed by atoms with Gasteiger partial charge in [0.05, 0.1) is 5.56 Å². The smallest absolute Gasteiger partial charge is 0.375 e. The molecular formula is C21H17FN2O5. The summed E-state index contributed by atoms with van der Waals surface area (Å²) in [5, 5.41) is 4.55. The molecule has 1 aromatic heterocycles. The second-order valence-electron chi connectivity index (χ2n) is 6.00. The maximum Gasteiger partial charge on any atom is 0.375 e. The molecule has 0 fully saturated rings. The van der Waals surface area contributed by atoms with E-state index in [1.54, 1.807) is 36.4 Å².